The van der Waals surface area contributed by atoms with E-state index in [-0.39, 0.29) is 33.8 Å². The molecule has 0 aromatic heterocycles. The molecule has 156 valence electrons. The van der Waals surface area contributed by atoms with Crippen LogP contribution in [-0.2, 0) is 14.4 Å². The molecule has 1 saturated carbocycles. The highest BCUT2D eigenvalue weighted by molar-refractivity contribution is 8.14. The zero-order valence-electron chi connectivity index (χ0n) is 17.1. The lowest BCUT2D eigenvalue weighted by molar-refractivity contribution is -0.126. The molecule has 2 unspecified atom stereocenters. The maximum absolute atomic E-state index is 14.6. The average Bonchev–Trinajstić information content (AvgIpc) is 3.50. The Labute approximate surface area is 175 Å². The van der Waals surface area contributed by atoms with E-state index in [2.05, 4.69) is 0 Å². The summed E-state index contributed by atoms with van der Waals surface area (Å²) in [5.74, 6) is -0.514. The number of piperidine rings is 1. The van der Waals surface area contributed by atoms with E-state index < -0.39 is 6.04 Å². The van der Waals surface area contributed by atoms with Gasteiger partial charge in [0.05, 0.1) is 6.04 Å². The van der Waals surface area contributed by atoms with Crippen LogP contribution in [0, 0.1) is 11.7 Å². The number of hydrogen-bond acceptors (Lipinski definition) is 5. The summed E-state index contributed by atoms with van der Waals surface area (Å²) in [5, 5.41) is -0.115. The molecular formula is C22H27FN2O3S. The number of hydrogen-bond donors (Lipinski definition) is 0. The number of amides is 1. The Hall–Kier alpha value is -1.99. The molecule has 1 saturated heterocycles. The van der Waals surface area contributed by atoms with Crippen LogP contribution in [0.3, 0.4) is 0 Å². The number of Topliss-reactive ketones (excluding diaryl/α,β-unsaturated/α-hetero) is 1. The van der Waals surface area contributed by atoms with Gasteiger partial charge in [-0.25, -0.2) is 4.39 Å². The molecule has 0 bridgehead atoms. The summed E-state index contributed by atoms with van der Waals surface area (Å²) in [6.07, 6.45) is 3.89. The van der Waals surface area contributed by atoms with Crippen molar-refractivity contribution >= 4 is 28.6 Å². The molecule has 1 amide bonds. The van der Waals surface area contributed by atoms with Crippen LogP contribution in [0.15, 0.2) is 35.9 Å². The van der Waals surface area contributed by atoms with Crippen LogP contribution >= 0.6 is 11.8 Å². The summed E-state index contributed by atoms with van der Waals surface area (Å²) in [5.41, 5.74) is 1.19. The van der Waals surface area contributed by atoms with Crippen molar-refractivity contribution in [1.29, 1.82) is 0 Å². The first kappa shape index (κ1) is 21.7. The molecule has 0 radical (unpaired) electrons. The summed E-state index contributed by atoms with van der Waals surface area (Å²) >= 11 is 1.21. The molecule has 5 nitrogen and oxygen atoms in total. The summed E-state index contributed by atoms with van der Waals surface area (Å²) < 4.78 is 14.6. The second kappa shape index (κ2) is 9.22. The van der Waals surface area contributed by atoms with Gasteiger partial charge in [0.2, 0.25) is 5.91 Å². The lowest BCUT2D eigenvalue weighted by atomic mass is 9.93. The van der Waals surface area contributed by atoms with Gasteiger partial charge in [-0.2, -0.15) is 0 Å². The van der Waals surface area contributed by atoms with Gasteiger partial charge >= 0.3 is 0 Å². The summed E-state index contributed by atoms with van der Waals surface area (Å²) in [6, 6.07) is 5.76. The normalized spacial score (nSPS) is 22.3. The van der Waals surface area contributed by atoms with E-state index in [9.17, 15) is 18.8 Å². The number of ketones is 1. The number of carbonyl (C=O) groups is 3. The topological polar surface area (TPSA) is 57.7 Å². The Morgan fingerprint density at radius 3 is 2.48 bits per heavy atom. The van der Waals surface area contributed by atoms with Crippen LogP contribution < -0.4 is 0 Å². The van der Waals surface area contributed by atoms with Gasteiger partial charge in [-0.3, -0.25) is 19.3 Å². The number of carbonyl (C=O) groups excluding carboxylic acids is 3. The molecule has 2 atom stereocenters. The Morgan fingerprint density at radius 2 is 1.90 bits per heavy atom. The SMILES string of the molecule is CC(=O)SC1CCN(C(C(=O)C2CC2)c2ccccc2F)C/C1=C/C(=O)N(C)C. The molecule has 1 heterocycles. The number of thioether (sulfide) groups is 1. The molecule has 3 rings (SSSR count). The molecule has 0 N–H and O–H groups in total. The Bertz CT molecular complexity index is 835. The smallest absolute Gasteiger partial charge is 0.246 e. The monoisotopic (exact) mass is 418 g/mol. The highest BCUT2D eigenvalue weighted by Crippen LogP contribution is 2.40. The maximum Gasteiger partial charge on any atom is 0.246 e. The zero-order valence-corrected chi connectivity index (χ0v) is 17.9. The fraction of sp³-hybridized carbons (Fsp3) is 0.500. The fourth-order valence-corrected chi connectivity index (χ4v) is 4.60. The van der Waals surface area contributed by atoms with E-state index in [1.807, 2.05) is 4.90 Å². The third kappa shape index (κ3) is 5.34. The molecule has 1 aliphatic carbocycles. The van der Waals surface area contributed by atoms with Gasteiger partial charge in [-0.05, 0) is 30.9 Å². The number of rotatable bonds is 6. The lowest BCUT2D eigenvalue weighted by Crippen LogP contribution is -2.43. The number of benzene rings is 1. The summed E-state index contributed by atoms with van der Waals surface area (Å²) in [4.78, 5) is 40.5. The van der Waals surface area contributed by atoms with Crippen molar-refractivity contribution in [3.8, 4) is 0 Å². The quantitative estimate of drug-likeness (QED) is 0.664. The standard InChI is InChI=1S/C22H27FN2O3S/c1-14(26)29-19-10-11-25(13-16(19)12-20(27)24(2)3)21(22(28)15-8-9-15)17-6-4-5-7-18(17)23/h4-7,12,15,19,21H,8-11,13H2,1-3H3/b16-12-. The second-order valence-electron chi connectivity index (χ2n) is 7.91. The average molecular weight is 419 g/mol. The van der Waals surface area contributed by atoms with Crippen LogP contribution in [0.5, 0.6) is 0 Å². The molecule has 0 spiro atoms. The van der Waals surface area contributed by atoms with Gasteiger partial charge in [-0.15, -0.1) is 0 Å². The molecule has 29 heavy (non-hydrogen) atoms. The van der Waals surface area contributed by atoms with E-state index in [0.29, 0.717) is 25.1 Å². The Kier molecular flexibility index (Phi) is 6.90. The van der Waals surface area contributed by atoms with Crippen LogP contribution in [-0.4, -0.2) is 59.0 Å². The predicted octanol–water partition coefficient (Wildman–Crippen LogP) is 3.21. The van der Waals surface area contributed by atoms with Gasteiger partial charge in [0.15, 0.2) is 10.9 Å². The van der Waals surface area contributed by atoms with Gasteiger partial charge in [0, 0.05) is 56.9 Å². The Balaban J connectivity index is 1.92. The third-order valence-electron chi connectivity index (χ3n) is 5.35. The van der Waals surface area contributed by atoms with E-state index in [1.165, 1.54) is 29.7 Å². The van der Waals surface area contributed by atoms with Crippen molar-refractivity contribution in [3.05, 3.63) is 47.3 Å². The van der Waals surface area contributed by atoms with Crippen LogP contribution in [0.2, 0.25) is 0 Å². The number of likely N-dealkylation sites (N-methyl/N-ethyl adjacent to an activating group) is 1. The van der Waals surface area contributed by atoms with Crippen molar-refractivity contribution in [3.63, 3.8) is 0 Å². The van der Waals surface area contributed by atoms with Crippen molar-refractivity contribution in [2.24, 2.45) is 5.92 Å². The number of nitrogens with zero attached hydrogens (tertiary/aromatic N) is 2. The number of likely N-dealkylation sites (tertiary alicyclic amines) is 1. The molecule has 1 aromatic rings. The van der Waals surface area contributed by atoms with Gasteiger partial charge in [-0.1, -0.05) is 30.0 Å². The van der Waals surface area contributed by atoms with Crippen molar-refractivity contribution in [2.45, 2.75) is 37.5 Å². The van der Waals surface area contributed by atoms with E-state index in [1.54, 1.807) is 38.4 Å². The third-order valence-corrected chi connectivity index (χ3v) is 6.50. The summed E-state index contributed by atoms with van der Waals surface area (Å²) in [6.45, 7) is 2.44. The first-order valence-electron chi connectivity index (χ1n) is 9.89. The molecule has 2 aliphatic rings. The fourth-order valence-electron chi connectivity index (χ4n) is 3.68. The minimum Gasteiger partial charge on any atom is -0.345 e. The van der Waals surface area contributed by atoms with Crippen LogP contribution in [0.1, 0.15) is 37.8 Å². The van der Waals surface area contributed by atoms with Crippen molar-refractivity contribution in [2.75, 3.05) is 27.2 Å². The molecular weight excluding hydrogens is 391 g/mol. The zero-order chi connectivity index (χ0) is 21.1. The van der Waals surface area contributed by atoms with Crippen molar-refractivity contribution in [1.82, 2.24) is 9.80 Å². The molecule has 2 fully saturated rings. The lowest BCUT2D eigenvalue weighted by Gasteiger charge is -2.38. The predicted molar refractivity (Wildman–Crippen MR) is 112 cm³/mol. The maximum atomic E-state index is 14.6. The van der Waals surface area contributed by atoms with E-state index in [4.69, 9.17) is 0 Å². The largest absolute Gasteiger partial charge is 0.345 e. The minimum atomic E-state index is -0.662. The van der Waals surface area contributed by atoms with Crippen molar-refractivity contribution < 1.29 is 18.8 Å². The van der Waals surface area contributed by atoms with Crippen LogP contribution in [0.25, 0.3) is 0 Å². The highest BCUT2D eigenvalue weighted by Gasteiger charge is 2.41. The number of halogens is 1. The molecule has 1 aromatic carbocycles. The van der Waals surface area contributed by atoms with Gasteiger partial charge < -0.3 is 4.90 Å². The van der Waals surface area contributed by atoms with E-state index >= 15 is 0 Å². The first-order valence-corrected chi connectivity index (χ1v) is 10.8. The Morgan fingerprint density at radius 1 is 1.21 bits per heavy atom. The second-order valence-corrected chi connectivity index (χ2v) is 9.29. The molecule has 7 heteroatoms. The van der Waals surface area contributed by atoms with Crippen LogP contribution in [0.4, 0.5) is 4.39 Å². The minimum absolute atomic E-state index is 0.00800. The summed E-state index contributed by atoms with van der Waals surface area (Å²) in [7, 11) is 3.35. The first-order chi connectivity index (χ1) is 13.8. The van der Waals surface area contributed by atoms with Gasteiger partial charge in [0.1, 0.15) is 5.82 Å². The van der Waals surface area contributed by atoms with E-state index in [0.717, 1.165) is 18.4 Å². The highest BCUT2D eigenvalue weighted by atomic mass is 32.2. The molecule has 1 aliphatic heterocycles. The van der Waals surface area contributed by atoms with Gasteiger partial charge in [0.25, 0.3) is 0 Å².